The Labute approximate surface area is 118 Å². The molecule has 1 rings (SSSR count). The Kier molecular flexibility index (Phi) is 6.45. The molecule has 2 unspecified atom stereocenters. The average molecular weight is 279 g/mol. The second kappa shape index (κ2) is 8.11. The molecule has 1 aromatic heterocycles. The first-order chi connectivity index (χ1) is 9.56. The quantitative estimate of drug-likeness (QED) is 0.427. The van der Waals surface area contributed by atoms with E-state index in [9.17, 15) is 4.79 Å². The van der Waals surface area contributed by atoms with Gasteiger partial charge in [-0.3, -0.25) is 10.3 Å². The van der Waals surface area contributed by atoms with E-state index < -0.39 is 6.03 Å². The van der Waals surface area contributed by atoms with E-state index in [1.807, 2.05) is 25.1 Å². The maximum atomic E-state index is 11.0. The highest BCUT2D eigenvalue weighted by Crippen LogP contribution is 2.18. The highest BCUT2D eigenvalue weighted by atomic mass is 16.5. The summed E-state index contributed by atoms with van der Waals surface area (Å²) < 4.78 is 5.08. The minimum Gasteiger partial charge on any atom is -0.362 e. The molecule has 0 radical (unpaired) electrons. The predicted molar refractivity (Wildman–Crippen MR) is 77.0 cm³/mol. The molecule has 110 valence electrons. The third kappa shape index (κ3) is 5.23. The molecular formula is C13H21N5O2. The van der Waals surface area contributed by atoms with Gasteiger partial charge in [-0.1, -0.05) is 13.0 Å². The number of pyridine rings is 1. The minimum absolute atomic E-state index is 0.172. The maximum absolute atomic E-state index is 11.0. The largest absolute Gasteiger partial charge is 0.362 e. The van der Waals surface area contributed by atoms with Crippen molar-refractivity contribution in [2.75, 3.05) is 7.11 Å². The predicted octanol–water partition coefficient (Wildman–Crippen LogP) is 1.14. The monoisotopic (exact) mass is 279 g/mol. The summed E-state index contributed by atoms with van der Waals surface area (Å²) in [6, 6.07) is 4.77. The van der Waals surface area contributed by atoms with Crippen molar-refractivity contribution < 1.29 is 9.53 Å². The first kappa shape index (κ1) is 15.9. The number of rotatable bonds is 5. The van der Waals surface area contributed by atoms with Crippen molar-refractivity contribution in [1.82, 2.24) is 15.6 Å². The van der Waals surface area contributed by atoms with Crippen LogP contribution in [0.5, 0.6) is 0 Å². The molecule has 1 heterocycles. The van der Waals surface area contributed by atoms with Gasteiger partial charge in [-0.25, -0.2) is 9.79 Å². The standard InChI is InChI=1S/C13H21N5O2/c1-4-10(11-7-5-6-8-15-11)17-13(18-12(14)19)16-9(2)20-3/h5-10H,4H2,1-3H3,(H4,14,16,17,18,19). The first-order valence-corrected chi connectivity index (χ1v) is 6.41. The lowest BCUT2D eigenvalue weighted by atomic mass is 10.1. The number of hydrogen-bond acceptors (Lipinski definition) is 4. The Morgan fingerprint density at radius 2 is 2.30 bits per heavy atom. The number of nitrogens with zero attached hydrogens (tertiary/aromatic N) is 2. The van der Waals surface area contributed by atoms with E-state index in [2.05, 4.69) is 20.6 Å². The van der Waals surface area contributed by atoms with Gasteiger partial charge >= 0.3 is 6.03 Å². The van der Waals surface area contributed by atoms with Crippen molar-refractivity contribution in [3.8, 4) is 0 Å². The zero-order valence-electron chi connectivity index (χ0n) is 12.0. The number of urea groups is 1. The van der Waals surface area contributed by atoms with Crippen molar-refractivity contribution in [2.45, 2.75) is 32.5 Å². The fourth-order valence-corrected chi connectivity index (χ4v) is 1.57. The summed E-state index contributed by atoms with van der Waals surface area (Å²) in [4.78, 5) is 19.7. The Morgan fingerprint density at radius 1 is 1.55 bits per heavy atom. The zero-order chi connectivity index (χ0) is 15.0. The van der Waals surface area contributed by atoms with Gasteiger partial charge in [0.1, 0.15) is 6.23 Å². The normalized spacial score (nSPS) is 14.4. The van der Waals surface area contributed by atoms with Gasteiger partial charge in [0.25, 0.3) is 0 Å². The molecular weight excluding hydrogens is 258 g/mol. The van der Waals surface area contributed by atoms with Crippen molar-refractivity contribution in [3.63, 3.8) is 0 Å². The number of carbonyl (C=O) groups is 1. The lowest BCUT2D eigenvalue weighted by Gasteiger charge is -2.18. The molecule has 0 aliphatic heterocycles. The van der Waals surface area contributed by atoms with Gasteiger partial charge in [-0.2, -0.15) is 0 Å². The van der Waals surface area contributed by atoms with E-state index in [1.54, 1.807) is 20.2 Å². The van der Waals surface area contributed by atoms with Gasteiger partial charge in [-0.05, 0) is 25.5 Å². The Hall–Kier alpha value is -2.15. The number of hydrogen-bond donors (Lipinski definition) is 3. The van der Waals surface area contributed by atoms with Crippen molar-refractivity contribution in [1.29, 1.82) is 0 Å². The zero-order valence-corrected chi connectivity index (χ0v) is 12.0. The fraction of sp³-hybridized carbons (Fsp3) is 0.462. The summed E-state index contributed by atoms with van der Waals surface area (Å²) in [5.74, 6) is 0.268. The smallest absolute Gasteiger partial charge is 0.318 e. The molecule has 0 aliphatic carbocycles. The number of nitrogens with one attached hydrogen (secondary N) is 2. The van der Waals surface area contributed by atoms with Crippen LogP contribution in [0.2, 0.25) is 0 Å². The molecule has 0 saturated heterocycles. The van der Waals surface area contributed by atoms with E-state index in [4.69, 9.17) is 10.5 Å². The summed E-state index contributed by atoms with van der Waals surface area (Å²) in [6.45, 7) is 3.78. The SMILES string of the molecule is CCC(N=C(NC(N)=O)NC(C)OC)c1ccccn1. The Morgan fingerprint density at radius 3 is 2.80 bits per heavy atom. The topological polar surface area (TPSA) is 102 Å². The third-order valence-corrected chi connectivity index (χ3v) is 2.64. The van der Waals surface area contributed by atoms with Crippen LogP contribution in [0.4, 0.5) is 4.79 Å². The molecule has 0 fully saturated rings. The van der Waals surface area contributed by atoms with Crippen LogP contribution in [-0.4, -0.2) is 30.3 Å². The minimum atomic E-state index is -0.685. The maximum Gasteiger partial charge on any atom is 0.318 e. The van der Waals surface area contributed by atoms with E-state index in [0.717, 1.165) is 12.1 Å². The third-order valence-electron chi connectivity index (χ3n) is 2.64. The molecule has 2 atom stereocenters. The molecule has 20 heavy (non-hydrogen) atoms. The van der Waals surface area contributed by atoms with Crippen molar-refractivity contribution in [3.05, 3.63) is 30.1 Å². The molecule has 0 aliphatic rings. The van der Waals surface area contributed by atoms with E-state index >= 15 is 0 Å². The van der Waals surface area contributed by atoms with E-state index in [1.165, 1.54) is 0 Å². The number of primary amides is 1. The number of ether oxygens (including phenoxy) is 1. The highest BCUT2D eigenvalue weighted by Gasteiger charge is 2.13. The van der Waals surface area contributed by atoms with Crippen LogP contribution >= 0.6 is 0 Å². The summed E-state index contributed by atoms with van der Waals surface area (Å²) in [6.07, 6.45) is 2.14. The first-order valence-electron chi connectivity index (χ1n) is 6.41. The lowest BCUT2D eigenvalue weighted by molar-refractivity contribution is 0.106. The molecule has 0 bridgehead atoms. The molecule has 0 spiro atoms. The number of guanidine groups is 1. The van der Waals surface area contributed by atoms with Gasteiger partial charge in [0.15, 0.2) is 0 Å². The van der Waals surface area contributed by atoms with Crippen LogP contribution in [-0.2, 0) is 4.74 Å². The highest BCUT2D eigenvalue weighted by molar-refractivity contribution is 5.95. The summed E-state index contributed by atoms with van der Waals surface area (Å²) in [5.41, 5.74) is 5.96. The molecule has 0 saturated carbocycles. The van der Waals surface area contributed by atoms with Crippen LogP contribution in [0.1, 0.15) is 32.0 Å². The van der Waals surface area contributed by atoms with Crippen LogP contribution in [0.3, 0.4) is 0 Å². The molecule has 1 aromatic rings. The molecule has 0 aromatic carbocycles. The average Bonchev–Trinajstić information content (AvgIpc) is 2.44. The Bertz CT molecular complexity index is 449. The fourth-order valence-electron chi connectivity index (χ4n) is 1.57. The number of methoxy groups -OCH3 is 1. The van der Waals surface area contributed by atoms with Crippen LogP contribution in [0, 0.1) is 0 Å². The van der Waals surface area contributed by atoms with E-state index in [0.29, 0.717) is 0 Å². The van der Waals surface area contributed by atoms with Gasteiger partial charge in [0.05, 0.1) is 11.7 Å². The van der Waals surface area contributed by atoms with Crippen molar-refractivity contribution in [2.24, 2.45) is 10.7 Å². The second-order valence-corrected chi connectivity index (χ2v) is 4.17. The molecule has 7 heteroatoms. The van der Waals surface area contributed by atoms with Gasteiger partial charge in [-0.15, -0.1) is 0 Å². The van der Waals surface area contributed by atoms with Gasteiger partial charge < -0.3 is 15.8 Å². The molecule has 7 nitrogen and oxygen atoms in total. The number of nitrogens with two attached hydrogens (primary N) is 1. The van der Waals surface area contributed by atoms with Crippen molar-refractivity contribution >= 4 is 12.0 Å². The molecule has 4 N–H and O–H groups in total. The summed E-state index contributed by atoms with van der Waals surface area (Å²) >= 11 is 0. The lowest BCUT2D eigenvalue weighted by Crippen LogP contribution is -2.47. The second-order valence-electron chi connectivity index (χ2n) is 4.17. The van der Waals surface area contributed by atoms with E-state index in [-0.39, 0.29) is 18.2 Å². The molecule has 2 amide bonds. The number of carbonyl (C=O) groups excluding carboxylic acids is 1. The number of aliphatic imine (C=N–C) groups is 1. The summed E-state index contributed by atoms with van der Waals surface area (Å²) in [5, 5.41) is 5.37. The van der Waals surface area contributed by atoms with Crippen LogP contribution in [0.15, 0.2) is 29.4 Å². The van der Waals surface area contributed by atoms with Gasteiger partial charge in [0, 0.05) is 13.3 Å². The number of amides is 2. The van der Waals surface area contributed by atoms with Crippen LogP contribution in [0.25, 0.3) is 0 Å². The summed E-state index contributed by atoms with van der Waals surface area (Å²) in [7, 11) is 1.55. The Balaban J connectivity index is 2.93. The van der Waals surface area contributed by atoms with Gasteiger partial charge in [0.2, 0.25) is 5.96 Å². The van der Waals surface area contributed by atoms with Crippen LogP contribution < -0.4 is 16.4 Å². The number of aromatic nitrogens is 1.